The van der Waals surface area contributed by atoms with E-state index in [1.807, 2.05) is 24.3 Å². The van der Waals surface area contributed by atoms with Gasteiger partial charge in [-0.25, -0.2) is 0 Å². The molecule has 0 unspecified atom stereocenters. The van der Waals surface area contributed by atoms with Gasteiger partial charge in [-0.2, -0.15) is 0 Å². The second-order valence-corrected chi connectivity index (χ2v) is 6.89. The molecule has 1 aliphatic rings. The second kappa shape index (κ2) is 8.47. The Kier molecular flexibility index (Phi) is 6.07. The van der Waals surface area contributed by atoms with Gasteiger partial charge < -0.3 is 15.0 Å². The molecule has 0 aliphatic carbocycles. The van der Waals surface area contributed by atoms with E-state index in [-0.39, 0.29) is 5.91 Å². The molecule has 0 spiro atoms. The maximum atomic E-state index is 12.4. The highest BCUT2D eigenvalue weighted by molar-refractivity contribution is 6.36. The van der Waals surface area contributed by atoms with Crippen LogP contribution in [0.15, 0.2) is 42.5 Å². The molecule has 2 aromatic carbocycles. The maximum absolute atomic E-state index is 12.4. The number of nitrogens with one attached hydrogen (secondary N) is 1. The Morgan fingerprint density at radius 1 is 1.19 bits per heavy atom. The number of benzene rings is 2. The van der Waals surface area contributed by atoms with Crippen LogP contribution in [-0.2, 0) is 4.79 Å². The summed E-state index contributed by atoms with van der Waals surface area (Å²) in [7, 11) is 1.53. The molecule has 26 heavy (non-hydrogen) atoms. The van der Waals surface area contributed by atoms with Crippen LogP contribution >= 0.6 is 23.2 Å². The molecule has 6 heteroatoms. The molecule has 0 bridgehead atoms. The molecule has 1 saturated heterocycles. The van der Waals surface area contributed by atoms with E-state index < -0.39 is 0 Å². The number of methoxy groups -OCH3 is 1. The molecular weight excluding hydrogens is 371 g/mol. The van der Waals surface area contributed by atoms with Crippen molar-refractivity contribution in [2.45, 2.75) is 12.8 Å². The zero-order valence-corrected chi connectivity index (χ0v) is 16.0. The molecule has 1 amide bonds. The molecule has 1 N–H and O–H groups in total. The van der Waals surface area contributed by atoms with Gasteiger partial charge in [-0.1, -0.05) is 35.3 Å². The maximum Gasteiger partial charge on any atom is 0.248 e. The van der Waals surface area contributed by atoms with Gasteiger partial charge >= 0.3 is 0 Å². The number of anilines is 2. The van der Waals surface area contributed by atoms with Crippen LogP contribution in [0.3, 0.4) is 0 Å². The van der Waals surface area contributed by atoms with Crippen molar-refractivity contribution in [3.05, 3.63) is 58.1 Å². The van der Waals surface area contributed by atoms with Crippen LogP contribution in [0.4, 0.5) is 11.4 Å². The fourth-order valence-corrected chi connectivity index (χ4v) is 3.66. The molecule has 0 radical (unpaired) electrons. The lowest BCUT2D eigenvalue weighted by molar-refractivity contribution is -0.111. The van der Waals surface area contributed by atoms with E-state index in [1.54, 1.807) is 18.2 Å². The Bertz CT molecular complexity index is 831. The quantitative estimate of drug-likeness (QED) is 0.708. The fraction of sp³-hybridized carbons (Fsp3) is 0.250. The first-order chi connectivity index (χ1) is 12.6. The standard InChI is InChI=1S/C20H20Cl2N2O2/c1-26-20-14(12-15(21)13-16(20)22)8-9-19(25)23-17-6-2-3-7-18(17)24-10-4-5-11-24/h2-3,6-9,12-13H,4-5,10-11H2,1H3,(H,23,25). The molecule has 0 saturated carbocycles. The number of hydrogen-bond donors (Lipinski definition) is 1. The predicted molar refractivity (Wildman–Crippen MR) is 109 cm³/mol. The van der Waals surface area contributed by atoms with Crippen molar-refractivity contribution < 1.29 is 9.53 Å². The lowest BCUT2D eigenvalue weighted by Crippen LogP contribution is -2.20. The second-order valence-electron chi connectivity index (χ2n) is 6.04. The van der Waals surface area contributed by atoms with Crippen LogP contribution in [-0.4, -0.2) is 26.1 Å². The molecule has 1 fully saturated rings. The highest BCUT2D eigenvalue weighted by atomic mass is 35.5. The Morgan fingerprint density at radius 2 is 1.92 bits per heavy atom. The van der Waals surface area contributed by atoms with E-state index in [9.17, 15) is 4.79 Å². The van der Waals surface area contributed by atoms with Gasteiger partial charge in [-0.05, 0) is 43.2 Å². The Balaban J connectivity index is 1.77. The monoisotopic (exact) mass is 390 g/mol. The van der Waals surface area contributed by atoms with E-state index in [2.05, 4.69) is 10.2 Å². The van der Waals surface area contributed by atoms with E-state index in [0.29, 0.717) is 21.4 Å². The average molecular weight is 391 g/mol. The van der Waals surface area contributed by atoms with Gasteiger partial charge in [0.2, 0.25) is 5.91 Å². The molecule has 2 aromatic rings. The first-order valence-electron chi connectivity index (χ1n) is 8.44. The van der Waals surface area contributed by atoms with Gasteiger partial charge in [0.1, 0.15) is 5.75 Å². The van der Waals surface area contributed by atoms with Gasteiger partial charge in [0.15, 0.2) is 0 Å². The first kappa shape index (κ1) is 18.6. The Morgan fingerprint density at radius 3 is 2.65 bits per heavy atom. The number of ether oxygens (including phenoxy) is 1. The third-order valence-electron chi connectivity index (χ3n) is 4.26. The van der Waals surface area contributed by atoms with Crippen molar-refractivity contribution in [2.24, 2.45) is 0 Å². The normalized spacial score (nSPS) is 14.0. The van der Waals surface area contributed by atoms with Crippen LogP contribution in [0, 0.1) is 0 Å². The lowest BCUT2D eigenvalue weighted by Gasteiger charge is -2.21. The molecule has 1 aliphatic heterocycles. The fourth-order valence-electron chi connectivity index (χ4n) is 3.07. The summed E-state index contributed by atoms with van der Waals surface area (Å²) in [5.74, 6) is 0.257. The number of carbonyl (C=O) groups is 1. The van der Waals surface area contributed by atoms with Gasteiger partial charge in [0, 0.05) is 29.8 Å². The number of rotatable bonds is 5. The molecule has 136 valence electrons. The van der Waals surface area contributed by atoms with Crippen LogP contribution in [0.2, 0.25) is 10.0 Å². The minimum Gasteiger partial charge on any atom is -0.495 e. The molecule has 1 heterocycles. The summed E-state index contributed by atoms with van der Waals surface area (Å²) in [4.78, 5) is 14.7. The van der Waals surface area contributed by atoms with Crippen LogP contribution in [0.1, 0.15) is 18.4 Å². The SMILES string of the molecule is COc1c(Cl)cc(Cl)cc1C=CC(=O)Nc1ccccc1N1CCCC1. The van der Waals surface area contributed by atoms with Crippen LogP contribution < -0.4 is 15.0 Å². The summed E-state index contributed by atoms with van der Waals surface area (Å²) in [5.41, 5.74) is 2.50. The number of para-hydroxylation sites is 2. The average Bonchev–Trinajstić information content (AvgIpc) is 3.14. The molecule has 0 atom stereocenters. The summed E-state index contributed by atoms with van der Waals surface area (Å²) >= 11 is 12.2. The molecule has 4 nitrogen and oxygen atoms in total. The number of hydrogen-bond acceptors (Lipinski definition) is 3. The van der Waals surface area contributed by atoms with Crippen molar-refractivity contribution in [3.63, 3.8) is 0 Å². The van der Waals surface area contributed by atoms with Crippen molar-refractivity contribution in [3.8, 4) is 5.75 Å². The lowest BCUT2D eigenvalue weighted by atomic mass is 10.2. The summed E-state index contributed by atoms with van der Waals surface area (Å²) in [6.45, 7) is 2.03. The third-order valence-corrected chi connectivity index (χ3v) is 4.76. The Labute approximate surface area is 163 Å². The summed E-state index contributed by atoms with van der Waals surface area (Å²) < 4.78 is 5.29. The van der Waals surface area contributed by atoms with Crippen LogP contribution in [0.5, 0.6) is 5.75 Å². The highest BCUT2D eigenvalue weighted by Crippen LogP contribution is 2.33. The van der Waals surface area contributed by atoms with Crippen molar-refractivity contribution in [1.29, 1.82) is 0 Å². The third kappa shape index (κ3) is 4.32. The van der Waals surface area contributed by atoms with Crippen molar-refractivity contribution in [1.82, 2.24) is 0 Å². The zero-order chi connectivity index (χ0) is 18.5. The van der Waals surface area contributed by atoms with Crippen molar-refractivity contribution >= 4 is 46.6 Å². The number of amides is 1. The number of nitrogens with zero attached hydrogens (tertiary/aromatic N) is 1. The Hall–Kier alpha value is -2.17. The van der Waals surface area contributed by atoms with E-state index in [4.69, 9.17) is 27.9 Å². The zero-order valence-electron chi connectivity index (χ0n) is 14.5. The smallest absolute Gasteiger partial charge is 0.248 e. The number of carbonyl (C=O) groups excluding carboxylic acids is 1. The predicted octanol–water partition coefficient (Wildman–Crippen LogP) is 5.25. The van der Waals surface area contributed by atoms with Gasteiger partial charge in [-0.15, -0.1) is 0 Å². The van der Waals surface area contributed by atoms with Gasteiger partial charge in [-0.3, -0.25) is 4.79 Å². The molecular formula is C20H20Cl2N2O2. The molecule has 3 rings (SSSR count). The molecule has 0 aromatic heterocycles. The summed E-state index contributed by atoms with van der Waals surface area (Å²) in [6.07, 6.45) is 5.45. The first-order valence-corrected chi connectivity index (χ1v) is 9.20. The van der Waals surface area contributed by atoms with E-state index >= 15 is 0 Å². The summed E-state index contributed by atoms with van der Waals surface area (Å²) in [5, 5.41) is 3.83. The van der Waals surface area contributed by atoms with Crippen LogP contribution in [0.25, 0.3) is 6.08 Å². The van der Waals surface area contributed by atoms with Gasteiger partial charge in [0.05, 0.1) is 23.5 Å². The topological polar surface area (TPSA) is 41.6 Å². The minimum absolute atomic E-state index is 0.227. The minimum atomic E-state index is -0.227. The number of halogens is 2. The van der Waals surface area contributed by atoms with Crippen molar-refractivity contribution in [2.75, 3.05) is 30.4 Å². The van der Waals surface area contributed by atoms with E-state index in [0.717, 1.165) is 24.5 Å². The largest absolute Gasteiger partial charge is 0.495 e. The highest BCUT2D eigenvalue weighted by Gasteiger charge is 2.16. The van der Waals surface area contributed by atoms with E-state index in [1.165, 1.54) is 26.0 Å². The summed E-state index contributed by atoms with van der Waals surface area (Å²) in [6, 6.07) is 11.1. The van der Waals surface area contributed by atoms with Gasteiger partial charge in [0.25, 0.3) is 0 Å².